The molecule has 0 unspecified atom stereocenters. The molecule has 126 valence electrons. The number of sulfonamides is 1. The topological polar surface area (TPSA) is 66.5 Å². The van der Waals surface area contributed by atoms with Gasteiger partial charge in [-0.05, 0) is 55.3 Å². The minimum atomic E-state index is -3.32. The van der Waals surface area contributed by atoms with Gasteiger partial charge in [0.05, 0.1) is 11.9 Å². The Kier molecular flexibility index (Phi) is 4.40. The molecule has 0 saturated carbocycles. The van der Waals surface area contributed by atoms with Gasteiger partial charge in [0, 0.05) is 21.8 Å². The van der Waals surface area contributed by atoms with Crippen molar-refractivity contribution in [3.63, 3.8) is 0 Å². The summed E-state index contributed by atoms with van der Waals surface area (Å²) in [4.78, 5) is 12.4. The van der Waals surface area contributed by atoms with E-state index in [0.717, 1.165) is 10.0 Å². The van der Waals surface area contributed by atoms with Crippen LogP contribution in [0.5, 0.6) is 0 Å². The number of carbonyl (C=O) groups is 1. The van der Waals surface area contributed by atoms with E-state index < -0.39 is 10.0 Å². The number of hydrogen-bond donors (Lipinski definition) is 1. The quantitative estimate of drug-likeness (QED) is 0.845. The van der Waals surface area contributed by atoms with Gasteiger partial charge in [0.15, 0.2) is 0 Å². The molecule has 0 aromatic heterocycles. The van der Waals surface area contributed by atoms with Gasteiger partial charge in [-0.3, -0.25) is 9.10 Å². The fraction of sp³-hybridized carbons (Fsp3) is 0.235. The Balaban J connectivity index is 1.87. The number of fused-ring (bicyclic) bond motifs is 1. The summed E-state index contributed by atoms with van der Waals surface area (Å²) >= 11 is 3.37. The normalized spacial score (nSPS) is 16.8. The Bertz CT molecular complexity index is 912. The standard InChI is InChI=1S/C17H17BrN2O3S/c1-11-8-13-9-12(6-7-16(13)20(11)24(2,22)23)17(21)19-15-5-3-4-14(18)10-15/h3-7,9-11H,8H2,1-2H3,(H,19,21)/t11-/m1/s1. The molecule has 0 saturated heterocycles. The van der Waals surface area contributed by atoms with Crippen LogP contribution in [0, 0.1) is 0 Å². The summed E-state index contributed by atoms with van der Waals surface area (Å²) in [5, 5.41) is 2.84. The van der Waals surface area contributed by atoms with Crippen LogP contribution in [0.15, 0.2) is 46.9 Å². The van der Waals surface area contributed by atoms with Gasteiger partial charge in [0.25, 0.3) is 5.91 Å². The van der Waals surface area contributed by atoms with Crippen molar-refractivity contribution < 1.29 is 13.2 Å². The molecule has 0 radical (unpaired) electrons. The first-order chi connectivity index (χ1) is 11.3. The smallest absolute Gasteiger partial charge is 0.255 e. The molecular weight excluding hydrogens is 392 g/mol. The largest absolute Gasteiger partial charge is 0.322 e. The summed E-state index contributed by atoms with van der Waals surface area (Å²) in [6.45, 7) is 1.86. The third-order valence-electron chi connectivity index (χ3n) is 3.93. The first kappa shape index (κ1) is 17.0. The van der Waals surface area contributed by atoms with Gasteiger partial charge in [0.1, 0.15) is 0 Å². The molecule has 3 rings (SSSR count). The number of anilines is 2. The molecule has 24 heavy (non-hydrogen) atoms. The van der Waals surface area contributed by atoms with Crippen molar-refractivity contribution in [2.45, 2.75) is 19.4 Å². The second-order valence-electron chi connectivity index (χ2n) is 5.92. The van der Waals surface area contributed by atoms with E-state index in [1.165, 1.54) is 10.6 Å². The third-order valence-corrected chi connectivity index (χ3v) is 5.70. The molecule has 2 aromatic rings. The molecule has 0 bridgehead atoms. The van der Waals surface area contributed by atoms with Crippen LogP contribution in [0.1, 0.15) is 22.8 Å². The lowest BCUT2D eigenvalue weighted by molar-refractivity contribution is 0.102. The summed E-state index contributed by atoms with van der Waals surface area (Å²) in [5.74, 6) is -0.221. The molecule has 0 aliphatic carbocycles. The second kappa shape index (κ2) is 6.22. The van der Waals surface area contributed by atoms with Gasteiger partial charge in [-0.1, -0.05) is 22.0 Å². The van der Waals surface area contributed by atoms with Crippen LogP contribution < -0.4 is 9.62 Å². The van der Waals surface area contributed by atoms with Crippen LogP contribution >= 0.6 is 15.9 Å². The average molecular weight is 409 g/mol. The second-order valence-corrected chi connectivity index (χ2v) is 8.70. The average Bonchev–Trinajstić information content (AvgIpc) is 2.81. The van der Waals surface area contributed by atoms with E-state index in [9.17, 15) is 13.2 Å². The van der Waals surface area contributed by atoms with Gasteiger partial charge < -0.3 is 5.32 Å². The Hall–Kier alpha value is -1.86. The van der Waals surface area contributed by atoms with Crippen molar-refractivity contribution in [2.24, 2.45) is 0 Å². The highest BCUT2D eigenvalue weighted by Gasteiger charge is 2.32. The molecular formula is C17H17BrN2O3S. The van der Waals surface area contributed by atoms with Crippen LogP contribution in [0.4, 0.5) is 11.4 Å². The summed E-state index contributed by atoms with van der Waals surface area (Å²) < 4.78 is 26.2. The zero-order valence-electron chi connectivity index (χ0n) is 13.3. The maximum atomic E-state index is 12.4. The molecule has 7 heteroatoms. The molecule has 5 nitrogen and oxygen atoms in total. The number of nitrogens with zero attached hydrogens (tertiary/aromatic N) is 1. The van der Waals surface area contributed by atoms with Gasteiger partial charge in [-0.15, -0.1) is 0 Å². The predicted molar refractivity (Wildman–Crippen MR) is 99.0 cm³/mol. The summed E-state index contributed by atoms with van der Waals surface area (Å²) in [6.07, 6.45) is 1.80. The fourth-order valence-corrected chi connectivity index (χ4v) is 4.68. The van der Waals surface area contributed by atoms with Crippen LogP contribution in [0.2, 0.25) is 0 Å². The van der Waals surface area contributed by atoms with Crippen molar-refractivity contribution in [1.29, 1.82) is 0 Å². The van der Waals surface area contributed by atoms with E-state index in [4.69, 9.17) is 0 Å². The van der Waals surface area contributed by atoms with E-state index in [-0.39, 0.29) is 11.9 Å². The van der Waals surface area contributed by atoms with E-state index in [0.29, 0.717) is 23.4 Å². The maximum Gasteiger partial charge on any atom is 0.255 e. The Morgan fingerprint density at radius 3 is 2.67 bits per heavy atom. The Morgan fingerprint density at radius 1 is 1.25 bits per heavy atom. The van der Waals surface area contributed by atoms with E-state index in [1.54, 1.807) is 18.2 Å². The van der Waals surface area contributed by atoms with Crippen molar-refractivity contribution in [3.8, 4) is 0 Å². The zero-order chi connectivity index (χ0) is 17.5. The molecule has 1 atom stereocenters. The van der Waals surface area contributed by atoms with Crippen molar-refractivity contribution in [1.82, 2.24) is 0 Å². The Morgan fingerprint density at radius 2 is 2.00 bits per heavy atom. The van der Waals surface area contributed by atoms with Crippen molar-refractivity contribution >= 4 is 43.2 Å². The van der Waals surface area contributed by atoms with E-state index >= 15 is 0 Å². The van der Waals surface area contributed by atoms with Crippen LogP contribution in [-0.2, 0) is 16.4 Å². The number of hydrogen-bond acceptors (Lipinski definition) is 3. The molecule has 1 aliphatic heterocycles. The highest BCUT2D eigenvalue weighted by Crippen LogP contribution is 2.34. The number of rotatable bonds is 3. The minimum Gasteiger partial charge on any atom is -0.322 e. The monoisotopic (exact) mass is 408 g/mol. The van der Waals surface area contributed by atoms with Gasteiger partial charge in [-0.25, -0.2) is 8.42 Å². The van der Waals surface area contributed by atoms with Gasteiger partial charge in [-0.2, -0.15) is 0 Å². The lowest BCUT2D eigenvalue weighted by atomic mass is 10.1. The highest BCUT2D eigenvalue weighted by atomic mass is 79.9. The summed E-state index contributed by atoms with van der Waals surface area (Å²) in [6, 6.07) is 12.3. The van der Waals surface area contributed by atoms with Crippen LogP contribution in [0.25, 0.3) is 0 Å². The molecule has 1 aliphatic rings. The van der Waals surface area contributed by atoms with E-state index in [1.807, 2.05) is 31.2 Å². The van der Waals surface area contributed by atoms with Crippen molar-refractivity contribution in [2.75, 3.05) is 15.9 Å². The van der Waals surface area contributed by atoms with Crippen LogP contribution in [-0.4, -0.2) is 26.6 Å². The first-order valence-electron chi connectivity index (χ1n) is 7.45. The number of nitrogens with one attached hydrogen (secondary N) is 1. The maximum absolute atomic E-state index is 12.4. The molecule has 1 N–H and O–H groups in total. The number of halogens is 1. The van der Waals surface area contributed by atoms with Crippen molar-refractivity contribution in [3.05, 3.63) is 58.1 Å². The molecule has 2 aromatic carbocycles. The molecule has 0 fully saturated rings. The third kappa shape index (κ3) is 3.32. The molecule has 1 amide bonds. The van der Waals surface area contributed by atoms with Gasteiger partial charge in [0.2, 0.25) is 10.0 Å². The highest BCUT2D eigenvalue weighted by molar-refractivity contribution is 9.10. The number of benzene rings is 2. The lowest BCUT2D eigenvalue weighted by Crippen LogP contribution is -2.34. The minimum absolute atomic E-state index is 0.140. The summed E-state index contributed by atoms with van der Waals surface area (Å²) in [7, 11) is -3.32. The van der Waals surface area contributed by atoms with Crippen LogP contribution in [0.3, 0.4) is 0 Å². The van der Waals surface area contributed by atoms with Gasteiger partial charge >= 0.3 is 0 Å². The predicted octanol–water partition coefficient (Wildman–Crippen LogP) is 3.41. The summed E-state index contributed by atoms with van der Waals surface area (Å²) in [5.41, 5.74) is 2.73. The fourth-order valence-electron chi connectivity index (χ4n) is 3.02. The molecule has 1 heterocycles. The van der Waals surface area contributed by atoms with E-state index in [2.05, 4.69) is 21.2 Å². The lowest BCUT2D eigenvalue weighted by Gasteiger charge is -2.21. The number of carbonyl (C=O) groups excluding carboxylic acids is 1. The number of amides is 1. The Labute approximate surface area is 149 Å². The molecule has 0 spiro atoms. The zero-order valence-corrected chi connectivity index (χ0v) is 15.7. The SMILES string of the molecule is C[C@@H]1Cc2cc(C(=O)Nc3cccc(Br)c3)ccc2N1S(C)(=O)=O. The first-order valence-corrected chi connectivity index (χ1v) is 10.1.